The van der Waals surface area contributed by atoms with Gasteiger partial charge in [-0.15, -0.1) is 0 Å². The highest BCUT2D eigenvalue weighted by Crippen LogP contribution is 2.55. The highest BCUT2D eigenvalue weighted by Gasteiger charge is 2.60. The topological polar surface area (TPSA) is 203 Å². The number of phenols is 2. The molecule has 12 atom stereocenters. The van der Waals surface area contributed by atoms with Gasteiger partial charge in [-0.1, -0.05) is 0 Å². The number of aliphatic hydroxyl groups is 3. The van der Waals surface area contributed by atoms with Gasteiger partial charge >= 0.3 is 0 Å². The molecule has 2 saturated heterocycles. The molecule has 5 aliphatic rings. The molecule has 5 N–H and O–H groups in total. The van der Waals surface area contributed by atoms with Crippen molar-refractivity contribution < 1.29 is 68.3 Å². The Morgan fingerprint density at radius 1 is 0.942 bits per heavy atom. The Morgan fingerprint density at radius 3 is 2.23 bits per heavy atom. The molecule has 2 aromatic rings. The van der Waals surface area contributed by atoms with Crippen molar-refractivity contribution in [3.8, 4) is 17.2 Å². The average Bonchev–Trinajstić information content (AvgIpc) is 3.05. The van der Waals surface area contributed by atoms with Crippen LogP contribution in [0.25, 0.3) is 0 Å². The number of hydrogen-bond acceptors (Lipinski definition) is 15. The van der Waals surface area contributed by atoms with Gasteiger partial charge < -0.3 is 63.6 Å². The molecule has 0 unspecified atom stereocenters. The van der Waals surface area contributed by atoms with Crippen molar-refractivity contribution >= 4 is 11.6 Å². The molecule has 0 radical (unpaired) electrons. The molecule has 15 nitrogen and oxygen atoms in total. The van der Waals surface area contributed by atoms with E-state index in [1.54, 1.807) is 39.8 Å². The van der Waals surface area contributed by atoms with Crippen LogP contribution in [0.4, 0.5) is 0 Å². The Kier molecular flexibility index (Phi) is 8.86. The van der Waals surface area contributed by atoms with E-state index in [9.17, 15) is 35.1 Å². The molecule has 0 amide bonds. The molecule has 0 saturated carbocycles. The van der Waals surface area contributed by atoms with E-state index in [-0.39, 0.29) is 46.4 Å². The number of benzene rings is 2. The maximum Gasteiger partial charge on any atom is 0.228 e. The van der Waals surface area contributed by atoms with Gasteiger partial charge in [-0.05, 0) is 59.5 Å². The molecule has 0 aromatic heterocycles. The number of ether oxygens (including phenoxy) is 7. The highest BCUT2D eigenvalue weighted by molar-refractivity contribution is 6.31. The minimum Gasteiger partial charge on any atom is -0.507 e. The van der Waals surface area contributed by atoms with E-state index in [2.05, 4.69) is 0 Å². The minimum absolute atomic E-state index is 0.00146. The number of carbonyl (C=O) groups excluding carboxylic acids is 2. The molecule has 0 spiro atoms. The first-order valence-corrected chi connectivity index (χ1v) is 17.2. The third kappa shape index (κ3) is 5.09. The Hall–Kier alpha value is -3.22. The summed E-state index contributed by atoms with van der Waals surface area (Å²) in [7, 11) is 7.89. The van der Waals surface area contributed by atoms with Gasteiger partial charge in [-0.25, -0.2) is 0 Å². The van der Waals surface area contributed by atoms with E-state index in [0.717, 1.165) is 0 Å². The number of rotatable bonds is 6. The molecule has 7 rings (SSSR count). The Morgan fingerprint density at radius 2 is 1.62 bits per heavy atom. The summed E-state index contributed by atoms with van der Waals surface area (Å²) < 4.78 is 42.2. The maximum absolute atomic E-state index is 14.5. The first-order chi connectivity index (χ1) is 24.3. The number of ketones is 2. The summed E-state index contributed by atoms with van der Waals surface area (Å²) in [5.41, 5.74) is -4.54. The number of phenolic OH excluding ortho intramolecular Hbond substituents is 2. The molecule has 2 bridgehead atoms. The van der Waals surface area contributed by atoms with Gasteiger partial charge in [0.15, 0.2) is 12.1 Å². The van der Waals surface area contributed by atoms with Crippen LogP contribution in [-0.4, -0.2) is 138 Å². The summed E-state index contributed by atoms with van der Waals surface area (Å²) in [6.45, 7) is 6.76. The fraction of sp³-hybridized carbons (Fsp3) is 0.622. The third-order valence-corrected chi connectivity index (χ3v) is 11.8. The van der Waals surface area contributed by atoms with Crippen LogP contribution in [0.5, 0.6) is 17.2 Å². The summed E-state index contributed by atoms with van der Waals surface area (Å²) in [5.74, 6) is -2.85. The monoisotopic (exact) mass is 729 g/mol. The number of aliphatic hydroxyl groups excluding tert-OH is 2. The van der Waals surface area contributed by atoms with Gasteiger partial charge in [0.25, 0.3) is 0 Å². The maximum atomic E-state index is 14.5. The molecule has 52 heavy (non-hydrogen) atoms. The van der Waals surface area contributed by atoms with Crippen molar-refractivity contribution in [2.24, 2.45) is 0 Å². The highest BCUT2D eigenvalue weighted by atomic mass is 16.7. The van der Waals surface area contributed by atoms with Gasteiger partial charge in [-0.3, -0.25) is 9.59 Å². The second-order valence-electron chi connectivity index (χ2n) is 15.4. The Balaban J connectivity index is 1.34. The second-order valence-corrected chi connectivity index (χ2v) is 15.4. The van der Waals surface area contributed by atoms with Crippen LogP contribution in [0, 0.1) is 0 Å². The zero-order valence-electron chi connectivity index (χ0n) is 30.6. The molecule has 2 aromatic carbocycles. The number of aromatic hydroxyl groups is 2. The van der Waals surface area contributed by atoms with E-state index in [1.165, 1.54) is 33.5 Å². The van der Waals surface area contributed by atoms with Gasteiger partial charge in [-0.2, -0.15) is 0 Å². The van der Waals surface area contributed by atoms with Gasteiger partial charge in [0, 0.05) is 50.9 Å². The fourth-order valence-electron chi connectivity index (χ4n) is 9.20. The largest absolute Gasteiger partial charge is 0.507 e. The van der Waals surface area contributed by atoms with Crippen molar-refractivity contribution in [3.63, 3.8) is 0 Å². The predicted molar refractivity (Wildman–Crippen MR) is 180 cm³/mol. The summed E-state index contributed by atoms with van der Waals surface area (Å²) in [6.07, 6.45) is -8.03. The molecule has 3 heterocycles. The zero-order chi connectivity index (χ0) is 38.0. The summed E-state index contributed by atoms with van der Waals surface area (Å²) in [6, 6.07) is 1.82. The molecule has 2 aliphatic carbocycles. The summed E-state index contributed by atoms with van der Waals surface area (Å²) in [4.78, 5) is 30.6. The predicted octanol–water partition coefficient (Wildman–Crippen LogP) is 1.42. The van der Waals surface area contributed by atoms with Crippen LogP contribution >= 0.6 is 0 Å². The lowest BCUT2D eigenvalue weighted by Crippen LogP contribution is -2.68. The summed E-state index contributed by atoms with van der Waals surface area (Å²) in [5, 5.41) is 57.4. The molecule has 3 aliphatic heterocycles. The van der Waals surface area contributed by atoms with Crippen LogP contribution in [0.3, 0.4) is 0 Å². The lowest BCUT2D eigenvalue weighted by atomic mass is 9.72. The van der Waals surface area contributed by atoms with Crippen LogP contribution in [0.2, 0.25) is 0 Å². The number of hydrogen-bond donors (Lipinski definition) is 5. The molecule has 284 valence electrons. The standard InChI is InChI=1S/C37H47NO14/c1-14-31(46-7)37(4,48-9)32(47-8)34(49-14)50-19-13-35(2,45)12-15-10-16-21(26(41)20(15)19)27(42)22-18(39)11-17-29(23(22)25(16)40)51-33-28(43)24(38(5)6)30(44)36(17,3)52-33/h10-11,14,19,24,28,30-34,39,41,43-45H,12-13H2,1-9H3/t14-,19+,24+,28-,30+,31+,32-,33-,34+,35+,36+,37+/m0/s1. The number of nitrogens with zero attached hydrogens (tertiary/aromatic N) is 1. The lowest BCUT2D eigenvalue weighted by molar-refractivity contribution is -0.345. The molecular formula is C37H47NO14. The van der Waals surface area contributed by atoms with Crippen molar-refractivity contribution in [1.82, 2.24) is 4.90 Å². The lowest BCUT2D eigenvalue weighted by Gasteiger charge is -2.53. The smallest absolute Gasteiger partial charge is 0.228 e. The van der Waals surface area contributed by atoms with E-state index >= 15 is 0 Å². The van der Waals surface area contributed by atoms with Gasteiger partial charge in [0.2, 0.25) is 12.1 Å². The van der Waals surface area contributed by atoms with E-state index in [1.807, 2.05) is 6.92 Å². The van der Waals surface area contributed by atoms with Crippen LogP contribution in [-0.2, 0) is 40.4 Å². The van der Waals surface area contributed by atoms with Crippen molar-refractivity contribution in [2.45, 2.75) is 113 Å². The van der Waals surface area contributed by atoms with E-state index in [0.29, 0.717) is 5.56 Å². The number of fused-ring (bicyclic) bond motifs is 8. The van der Waals surface area contributed by atoms with Gasteiger partial charge in [0.05, 0.1) is 40.5 Å². The average molecular weight is 730 g/mol. The number of carbonyl (C=O) groups is 2. The van der Waals surface area contributed by atoms with E-state index in [4.69, 9.17) is 33.2 Å². The van der Waals surface area contributed by atoms with Crippen molar-refractivity contribution in [2.75, 3.05) is 35.4 Å². The first kappa shape index (κ1) is 37.1. The quantitative estimate of drug-likeness (QED) is 0.244. The number of likely N-dealkylation sites (N-methyl/N-ethyl adjacent to an activating group) is 1. The Bertz CT molecular complexity index is 1830. The minimum atomic E-state index is -1.55. The first-order valence-electron chi connectivity index (χ1n) is 17.2. The normalized spacial score (nSPS) is 39.4. The summed E-state index contributed by atoms with van der Waals surface area (Å²) >= 11 is 0. The van der Waals surface area contributed by atoms with Crippen molar-refractivity contribution in [1.29, 1.82) is 0 Å². The Labute approximate surface area is 300 Å². The van der Waals surface area contributed by atoms with Crippen LogP contribution < -0.4 is 4.74 Å². The molecular weight excluding hydrogens is 682 g/mol. The SMILES string of the molecule is CO[C@@H]1[C@H](C)O[C@H](O[C@@H]2C[C@](C)(O)Cc3cc4c(c(O)c32)C(=O)c2c(O)cc3c(c2C4=O)O[C@H]2O[C@@]3(C)[C@H](O)[C@H](N(C)C)[C@@H]2O)[C@H](OC)[C@]1(C)OC. The molecule has 15 heteroatoms. The zero-order valence-corrected chi connectivity index (χ0v) is 30.6. The third-order valence-electron chi connectivity index (χ3n) is 11.8. The van der Waals surface area contributed by atoms with Crippen LogP contribution in [0.1, 0.15) is 88.8 Å². The van der Waals surface area contributed by atoms with Crippen LogP contribution in [0.15, 0.2) is 12.1 Å². The fourth-order valence-corrected chi connectivity index (χ4v) is 9.20. The van der Waals surface area contributed by atoms with Gasteiger partial charge in [0.1, 0.15) is 52.9 Å². The molecule has 2 fully saturated rings. The van der Waals surface area contributed by atoms with E-state index < -0.39 is 101 Å². The van der Waals surface area contributed by atoms with Crippen molar-refractivity contribution in [3.05, 3.63) is 51.1 Å². The number of methoxy groups -OCH3 is 3. The second kappa shape index (κ2) is 12.4.